The van der Waals surface area contributed by atoms with Crippen molar-refractivity contribution in [2.75, 3.05) is 45.5 Å². The van der Waals surface area contributed by atoms with Crippen LogP contribution < -0.4 is 10.6 Å². The van der Waals surface area contributed by atoms with E-state index in [1.54, 1.807) is 4.31 Å². The minimum absolute atomic E-state index is 0. The Bertz CT molecular complexity index is 596. The van der Waals surface area contributed by atoms with Gasteiger partial charge in [-0.05, 0) is 38.0 Å². The molecule has 3 atom stereocenters. The highest BCUT2D eigenvalue weighted by atomic mass is 127. The van der Waals surface area contributed by atoms with E-state index in [9.17, 15) is 8.42 Å². The van der Waals surface area contributed by atoms with Gasteiger partial charge in [-0.2, -0.15) is 0 Å². The Labute approximate surface area is 175 Å². The molecular weight excluding hydrogens is 465 g/mol. The van der Waals surface area contributed by atoms with E-state index < -0.39 is 10.0 Å². The summed E-state index contributed by atoms with van der Waals surface area (Å²) in [6, 6.07) is 1.25. The van der Waals surface area contributed by atoms with Gasteiger partial charge < -0.3 is 10.6 Å². The Morgan fingerprint density at radius 1 is 1.19 bits per heavy atom. The van der Waals surface area contributed by atoms with Gasteiger partial charge in [-0.15, -0.1) is 24.0 Å². The van der Waals surface area contributed by atoms with E-state index in [0.717, 1.165) is 31.5 Å². The third kappa shape index (κ3) is 5.93. The molecule has 7 nitrogen and oxygen atoms in total. The monoisotopic (exact) mass is 499 g/mol. The highest BCUT2D eigenvalue weighted by molar-refractivity contribution is 14.0. The molecule has 0 aromatic heterocycles. The van der Waals surface area contributed by atoms with Gasteiger partial charge in [-0.1, -0.05) is 6.92 Å². The van der Waals surface area contributed by atoms with Crippen molar-refractivity contribution in [2.45, 2.75) is 45.2 Å². The summed E-state index contributed by atoms with van der Waals surface area (Å²) in [5.41, 5.74) is 0. The first-order chi connectivity index (χ1) is 11.9. The largest absolute Gasteiger partial charge is 0.357 e. The molecule has 3 aliphatic rings. The number of guanidine groups is 1. The van der Waals surface area contributed by atoms with Crippen LogP contribution in [0.4, 0.5) is 0 Å². The average Bonchev–Trinajstić information content (AvgIpc) is 3.16. The Morgan fingerprint density at radius 3 is 2.50 bits per heavy atom. The first-order valence-corrected chi connectivity index (χ1v) is 11.5. The molecule has 152 valence electrons. The molecule has 2 saturated heterocycles. The zero-order chi connectivity index (χ0) is 18.0. The van der Waals surface area contributed by atoms with Crippen LogP contribution in [-0.4, -0.2) is 81.2 Å². The molecule has 1 saturated carbocycles. The zero-order valence-corrected chi connectivity index (χ0v) is 19.3. The number of rotatable bonds is 6. The molecule has 0 spiro atoms. The van der Waals surface area contributed by atoms with E-state index in [-0.39, 0.29) is 24.0 Å². The van der Waals surface area contributed by atoms with Gasteiger partial charge >= 0.3 is 0 Å². The average molecular weight is 499 g/mol. The number of nitrogens with zero attached hydrogens (tertiary/aromatic N) is 3. The number of nitrogens with one attached hydrogen (secondary N) is 2. The highest BCUT2D eigenvalue weighted by Crippen LogP contribution is 2.31. The van der Waals surface area contributed by atoms with Crippen LogP contribution in [0.25, 0.3) is 0 Å². The van der Waals surface area contributed by atoms with Crippen molar-refractivity contribution in [3.8, 4) is 0 Å². The predicted octanol–water partition coefficient (Wildman–Crippen LogP) is 0.924. The van der Waals surface area contributed by atoms with Gasteiger partial charge in [0, 0.05) is 51.4 Å². The third-order valence-electron chi connectivity index (χ3n) is 5.60. The number of hydrogen-bond donors (Lipinski definition) is 2. The summed E-state index contributed by atoms with van der Waals surface area (Å²) in [6.07, 6.45) is 4.89. The maximum Gasteiger partial charge on any atom is 0.211 e. The van der Waals surface area contributed by atoms with E-state index in [1.165, 1.54) is 25.6 Å². The van der Waals surface area contributed by atoms with E-state index in [1.807, 2.05) is 0 Å². The van der Waals surface area contributed by atoms with Gasteiger partial charge in [0.25, 0.3) is 0 Å². The van der Waals surface area contributed by atoms with E-state index in [0.29, 0.717) is 37.5 Å². The molecule has 0 bridgehead atoms. The standard InChI is InChI=1S/C17H33N5O2S.HI/c1-4-18-17(19-9-14-7-8-22(11-14)25(3,23)24)20-16-12-21(10-13(16)2)15-5-6-15;/h13-16H,4-12H2,1-3H3,(H2,18,19,20);1H. The summed E-state index contributed by atoms with van der Waals surface area (Å²) < 4.78 is 24.8. The quantitative estimate of drug-likeness (QED) is 0.323. The third-order valence-corrected chi connectivity index (χ3v) is 6.87. The van der Waals surface area contributed by atoms with E-state index >= 15 is 0 Å². The molecule has 1 aliphatic carbocycles. The molecule has 2 aliphatic heterocycles. The van der Waals surface area contributed by atoms with Crippen LogP contribution in [-0.2, 0) is 10.0 Å². The van der Waals surface area contributed by atoms with Gasteiger partial charge in [0.05, 0.1) is 6.26 Å². The second-order valence-corrected chi connectivity index (χ2v) is 9.89. The first-order valence-electron chi connectivity index (χ1n) is 9.60. The molecule has 3 fully saturated rings. The molecule has 2 heterocycles. The van der Waals surface area contributed by atoms with Crippen LogP contribution in [0.5, 0.6) is 0 Å². The van der Waals surface area contributed by atoms with Crippen molar-refractivity contribution < 1.29 is 8.42 Å². The summed E-state index contributed by atoms with van der Waals surface area (Å²) in [7, 11) is -3.07. The number of halogens is 1. The molecule has 0 aromatic carbocycles. The maximum atomic E-state index is 11.6. The molecular formula is C17H34IN5O2S. The number of likely N-dealkylation sites (tertiary alicyclic amines) is 1. The minimum Gasteiger partial charge on any atom is -0.357 e. The minimum atomic E-state index is -3.07. The van der Waals surface area contributed by atoms with Gasteiger partial charge in [0.2, 0.25) is 10.0 Å². The van der Waals surface area contributed by atoms with Crippen molar-refractivity contribution in [3.05, 3.63) is 0 Å². The van der Waals surface area contributed by atoms with Crippen LogP contribution in [0.2, 0.25) is 0 Å². The lowest BCUT2D eigenvalue weighted by Crippen LogP contribution is -2.46. The molecule has 0 aromatic rings. The first kappa shape index (κ1) is 22.2. The van der Waals surface area contributed by atoms with Gasteiger partial charge in [0.1, 0.15) is 0 Å². The smallest absolute Gasteiger partial charge is 0.211 e. The molecule has 3 unspecified atom stereocenters. The van der Waals surface area contributed by atoms with Crippen molar-refractivity contribution in [3.63, 3.8) is 0 Å². The lowest BCUT2D eigenvalue weighted by molar-refractivity contribution is 0.315. The Balaban J connectivity index is 0.00000243. The summed E-state index contributed by atoms with van der Waals surface area (Å²) in [6.45, 7) is 9.39. The summed E-state index contributed by atoms with van der Waals surface area (Å²) in [5.74, 6) is 1.81. The second kappa shape index (κ2) is 9.38. The predicted molar refractivity (Wildman–Crippen MR) is 117 cm³/mol. The molecule has 2 N–H and O–H groups in total. The molecule has 0 radical (unpaired) electrons. The fourth-order valence-corrected chi connectivity index (χ4v) is 4.81. The van der Waals surface area contributed by atoms with Crippen LogP contribution in [0, 0.1) is 11.8 Å². The summed E-state index contributed by atoms with van der Waals surface area (Å²) >= 11 is 0. The molecule has 26 heavy (non-hydrogen) atoms. The Kier molecular flexibility index (Phi) is 7.99. The number of sulfonamides is 1. The lowest BCUT2D eigenvalue weighted by Gasteiger charge is -2.21. The molecule has 9 heteroatoms. The number of hydrogen-bond acceptors (Lipinski definition) is 4. The van der Waals surface area contributed by atoms with Crippen LogP contribution >= 0.6 is 24.0 Å². The van der Waals surface area contributed by atoms with Gasteiger partial charge in [-0.25, -0.2) is 12.7 Å². The lowest BCUT2D eigenvalue weighted by atomic mass is 10.1. The molecule has 0 amide bonds. The van der Waals surface area contributed by atoms with Crippen LogP contribution in [0.1, 0.15) is 33.1 Å². The van der Waals surface area contributed by atoms with Gasteiger partial charge in [-0.3, -0.25) is 9.89 Å². The summed E-state index contributed by atoms with van der Waals surface area (Å²) in [5, 5.41) is 6.95. The fraction of sp³-hybridized carbons (Fsp3) is 0.941. The van der Waals surface area contributed by atoms with Crippen molar-refractivity contribution in [1.82, 2.24) is 19.8 Å². The van der Waals surface area contributed by atoms with Gasteiger partial charge in [0.15, 0.2) is 5.96 Å². The van der Waals surface area contributed by atoms with E-state index in [4.69, 9.17) is 4.99 Å². The SMILES string of the molecule is CCNC(=NCC1CCN(S(C)(=O)=O)C1)NC1CN(C2CC2)CC1C.I. The van der Waals surface area contributed by atoms with Crippen molar-refractivity contribution in [2.24, 2.45) is 16.8 Å². The van der Waals surface area contributed by atoms with Crippen molar-refractivity contribution in [1.29, 1.82) is 0 Å². The Hall–Kier alpha value is -0.130. The molecule has 3 rings (SSSR count). The topological polar surface area (TPSA) is 77.0 Å². The normalized spacial score (nSPS) is 31.0. The van der Waals surface area contributed by atoms with Crippen LogP contribution in [0.3, 0.4) is 0 Å². The van der Waals surface area contributed by atoms with E-state index in [2.05, 4.69) is 29.4 Å². The maximum absolute atomic E-state index is 11.6. The Morgan fingerprint density at radius 2 is 1.92 bits per heavy atom. The van der Waals surface area contributed by atoms with Crippen LogP contribution in [0.15, 0.2) is 4.99 Å². The second-order valence-electron chi connectivity index (χ2n) is 7.91. The number of aliphatic imine (C=N–C) groups is 1. The summed E-state index contributed by atoms with van der Waals surface area (Å²) in [4.78, 5) is 7.35. The highest BCUT2D eigenvalue weighted by Gasteiger charge is 2.38. The zero-order valence-electron chi connectivity index (χ0n) is 16.1. The van der Waals surface area contributed by atoms with Crippen molar-refractivity contribution >= 4 is 40.0 Å². The fourth-order valence-electron chi connectivity index (χ4n) is 3.89.